The van der Waals surface area contributed by atoms with Gasteiger partial charge in [-0.3, -0.25) is 19.2 Å². The van der Waals surface area contributed by atoms with E-state index >= 15 is 0 Å². The molecule has 5 N–H and O–H groups in total. The number of halogens is 2. The number of aromatic amines is 2. The maximum Gasteiger partial charge on any atom is 0.267 e. The van der Waals surface area contributed by atoms with Gasteiger partial charge in [0.15, 0.2) is 0 Å². The monoisotopic (exact) mass is 826 g/mol. The zero-order valence-corrected chi connectivity index (χ0v) is 35.4. The molecule has 5 aromatic rings. The van der Waals surface area contributed by atoms with Crippen molar-refractivity contribution < 1.29 is 33.1 Å². The van der Waals surface area contributed by atoms with Crippen molar-refractivity contribution in [1.29, 1.82) is 0 Å². The van der Waals surface area contributed by atoms with Gasteiger partial charge in [0.2, 0.25) is 23.6 Å². The molecule has 1 unspecified atom stereocenters. The van der Waals surface area contributed by atoms with Crippen molar-refractivity contribution in [3.63, 3.8) is 0 Å². The van der Waals surface area contributed by atoms with Crippen LogP contribution in [0.25, 0.3) is 44.2 Å². The normalized spacial score (nSPS) is 19.8. The van der Waals surface area contributed by atoms with Gasteiger partial charge in [-0.25, -0.2) is 18.7 Å². The first-order valence-electron chi connectivity index (χ1n) is 20.1. The first-order chi connectivity index (χ1) is 27.8. The van der Waals surface area contributed by atoms with Gasteiger partial charge in [-0.1, -0.05) is 83.3 Å². The smallest absolute Gasteiger partial charge is 0.267 e. The van der Waals surface area contributed by atoms with Crippen LogP contribution in [0.2, 0.25) is 19.1 Å². The summed E-state index contributed by atoms with van der Waals surface area (Å²) in [5.74, 6) is -4.33. The van der Waals surface area contributed by atoms with Crippen molar-refractivity contribution >= 4 is 53.5 Å². The number of aliphatic hydroxyl groups is 1. The molecule has 4 heterocycles. The van der Waals surface area contributed by atoms with Gasteiger partial charge >= 0.3 is 0 Å². The second-order valence-electron chi connectivity index (χ2n) is 17.5. The number of fused-ring (bicyclic) bond motifs is 3. The summed E-state index contributed by atoms with van der Waals surface area (Å²) in [5.41, 5.74) is 5.03. The summed E-state index contributed by atoms with van der Waals surface area (Å²) in [5, 5.41) is 16.7. The van der Waals surface area contributed by atoms with E-state index in [0.717, 1.165) is 49.4 Å². The van der Waals surface area contributed by atoms with E-state index < -0.39 is 69.4 Å². The Labute approximate surface area is 342 Å². The van der Waals surface area contributed by atoms with Crippen molar-refractivity contribution in [2.24, 2.45) is 11.8 Å². The van der Waals surface area contributed by atoms with Crippen molar-refractivity contribution in [3.05, 3.63) is 72.4 Å². The van der Waals surface area contributed by atoms with E-state index in [2.05, 4.69) is 50.8 Å². The highest BCUT2D eigenvalue weighted by Crippen LogP contribution is 2.42. The van der Waals surface area contributed by atoms with Gasteiger partial charge in [-0.2, -0.15) is 0 Å². The highest BCUT2D eigenvalue weighted by Gasteiger charge is 2.50. The summed E-state index contributed by atoms with van der Waals surface area (Å²) in [6, 6.07) is 15.9. The molecule has 2 aliphatic heterocycles. The van der Waals surface area contributed by atoms with Gasteiger partial charge in [0, 0.05) is 24.9 Å². The number of carbonyl (C=O) groups excluding carboxylic acids is 4. The number of hydrogen-bond acceptors (Lipinski definition) is 7. The third-order valence-corrected chi connectivity index (χ3v) is 14.2. The molecule has 7 rings (SSSR count). The fraction of sp³-hybridized carbons (Fsp3) is 0.442. The number of aliphatic hydroxyl groups excluding tert-OH is 1. The largest absolute Gasteiger partial charge is 0.387 e. The van der Waals surface area contributed by atoms with Gasteiger partial charge in [-0.05, 0) is 52.1 Å². The van der Waals surface area contributed by atoms with E-state index in [-0.39, 0.29) is 29.6 Å². The van der Waals surface area contributed by atoms with Crippen molar-refractivity contribution in [3.8, 4) is 22.4 Å². The number of aromatic nitrogens is 4. The van der Waals surface area contributed by atoms with Crippen LogP contribution in [0, 0.1) is 11.8 Å². The number of H-pyrrole nitrogens is 2. The van der Waals surface area contributed by atoms with Gasteiger partial charge in [0.05, 0.1) is 49.6 Å². The maximum atomic E-state index is 14.8. The van der Waals surface area contributed by atoms with Crippen molar-refractivity contribution in [2.45, 2.75) is 90.3 Å². The van der Waals surface area contributed by atoms with Crippen LogP contribution in [0.5, 0.6) is 0 Å². The Kier molecular flexibility index (Phi) is 11.3. The van der Waals surface area contributed by atoms with Crippen LogP contribution in [0.15, 0.2) is 60.8 Å². The fourth-order valence-electron chi connectivity index (χ4n) is 8.52. The molecular formula is C43H52F2N8O5Si. The van der Waals surface area contributed by atoms with Gasteiger partial charge < -0.3 is 35.5 Å². The number of benzene rings is 3. The molecule has 0 spiro atoms. The molecule has 0 radical (unpaired) electrons. The van der Waals surface area contributed by atoms with Crippen molar-refractivity contribution in [1.82, 2.24) is 40.4 Å². The molecule has 2 saturated heterocycles. The van der Waals surface area contributed by atoms with Gasteiger partial charge in [0.1, 0.15) is 30.3 Å². The molecule has 4 atom stereocenters. The van der Waals surface area contributed by atoms with Crippen LogP contribution in [0.3, 0.4) is 0 Å². The predicted octanol–water partition coefficient (Wildman–Crippen LogP) is 6.11. The van der Waals surface area contributed by atoms with Crippen LogP contribution in [0.4, 0.5) is 8.78 Å². The molecular weight excluding hydrogens is 775 g/mol. The summed E-state index contributed by atoms with van der Waals surface area (Å²) >= 11 is 0. The van der Waals surface area contributed by atoms with E-state index in [4.69, 9.17) is 4.98 Å². The van der Waals surface area contributed by atoms with E-state index in [0.29, 0.717) is 17.7 Å². The molecule has 4 amide bonds. The molecule has 0 saturated carbocycles. The predicted molar refractivity (Wildman–Crippen MR) is 224 cm³/mol. The third kappa shape index (κ3) is 8.51. The number of amides is 4. The Bertz CT molecular complexity index is 2410. The zero-order chi connectivity index (χ0) is 42.6. The van der Waals surface area contributed by atoms with Crippen LogP contribution in [-0.4, -0.2) is 104 Å². The number of alkyl halides is 2. The summed E-state index contributed by atoms with van der Waals surface area (Å²) in [6.07, 6.45) is 1.64. The summed E-state index contributed by atoms with van der Waals surface area (Å²) < 4.78 is 29.6. The third-order valence-electron chi connectivity index (χ3n) is 11.5. The fourth-order valence-corrected chi connectivity index (χ4v) is 11.4. The molecule has 0 bridgehead atoms. The number of hydrogen-bond donors (Lipinski definition) is 5. The first kappa shape index (κ1) is 41.7. The van der Waals surface area contributed by atoms with Gasteiger partial charge in [-0.15, -0.1) is 0 Å². The molecule has 2 aromatic heterocycles. The summed E-state index contributed by atoms with van der Waals surface area (Å²) in [4.78, 5) is 70.5. The quantitative estimate of drug-likeness (QED) is 0.0999. The van der Waals surface area contributed by atoms with Crippen LogP contribution >= 0.6 is 0 Å². The molecule has 0 aliphatic carbocycles. The van der Waals surface area contributed by atoms with E-state index in [1.54, 1.807) is 20.0 Å². The second-order valence-corrected chi connectivity index (χ2v) is 22.6. The highest BCUT2D eigenvalue weighted by molar-refractivity contribution is 6.78. The Morgan fingerprint density at radius 3 is 2.17 bits per heavy atom. The zero-order valence-electron chi connectivity index (χ0n) is 34.4. The minimum atomic E-state index is -3.10. The van der Waals surface area contributed by atoms with E-state index in [1.165, 1.54) is 6.92 Å². The minimum Gasteiger partial charge on any atom is -0.387 e. The van der Waals surface area contributed by atoms with E-state index in [9.17, 15) is 33.1 Å². The molecule has 2 aliphatic rings. The molecule has 13 nitrogen and oxygen atoms in total. The summed E-state index contributed by atoms with van der Waals surface area (Å²) in [6.45, 7) is 11.6. The standard InChI is InChI=1S/C43H52F2N8O5Si/c1-23(2)36(47-25(5)55)41(57)52-21-43(44,45)17-33(52)39-46-18-32(49-39)27-10-8-26(9-11-27)28-12-14-30-29(16-28)13-15-31-38(30)51-40(48-31)34-20-59(6,7)22-53(34)42(58)37(24(3)4)50-35(56)19-54/h8-16,18,23-24,33-34,36-37,54H,17,19-22H2,1-7H3,(H,46,49)(H,47,55)(H,48,51)(H,50,56)/t33?,34-,36-,37-/m0/s1. The van der Waals surface area contributed by atoms with Crippen molar-refractivity contribution in [2.75, 3.05) is 19.3 Å². The topological polar surface area (TPSA) is 176 Å². The van der Waals surface area contributed by atoms with Crippen LogP contribution in [-0.2, 0) is 19.2 Å². The molecule has 59 heavy (non-hydrogen) atoms. The lowest BCUT2D eigenvalue weighted by Gasteiger charge is -2.30. The summed E-state index contributed by atoms with van der Waals surface area (Å²) in [7, 11) is -1.82. The number of likely N-dealkylation sites (tertiary alicyclic amines) is 1. The molecule has 2 fully saturated rings. The van der Waals surface area contributed by atoms with E-state index in [1.807, 2.05) is 61.2 Å². The lowest BCUT2D eigenvalue weighted by Crippen LogP contribution is -2.52. The number of nitrogens with one attached hydrogen (secondary N) is 4. The van der Waals surface area contributed by atoms with Crippen LogP contribution in [0.1, 0.15) is 64.8 Å². The number of rotatable bonds is 11. The van der Waals surface area contributed by atoms with Crippen LogP contribution < -0.4 is 10.6 Å². The molecule has 312 valence electrons. The first-order valence-corrected chi connectivity index (χ1v) is 23.5. The Hall–Kier alpha value is -5.48. The Morgan fingerprint density at radius 1 is 0.864 bits per heavy atom. The maximum absolute atomic E-state index is 14.8. The number of carbonyl (C=O) groups is 4. The average molecular weight is 827 g/mol. The van der Waals surface area contributed by atoms with Gasteiger partial charge in [0.25, 0.3) is 5.92 Å². The highest BCUT2D eigenvalue weighted by atomic mass is 28.3. The Morgan fingerprint density at radius 2 is 1.51 bits per heavy atom. The lowest BCUT2D eigenvalue weighted by molar-refractivity contribution is -0.139. The SMILES string of the molecule is CC(=O)N[C@H](C(=O)N1CC(F)(F)CC1c1ncc(-c2ccc(-c3ccc4c(ccc5nc([C@@H]6C[Si](C)(C)CN6C(=O)[C@@H](NC(=O)CO)C(C)C)[nH]c54)c3)cc2)[nH]1)C(C)C. The lowest BCUT2D eigenvalue weighted by atomic mass is 9.99. The average Bonchev–Trinajstić information content (AvgIpc) is 3.98. The number of nitrogens with zero attached hydrogens (tertiary/aromatic N) is 4. The molecule has 3 aromatic carbocycles. The molecule has 16 heteroatoms. The second kappa shape index (κ2) is 15.9. The minimum absolute atomic E-state index is 0.168. The Balaban J connectivity index is 1.11. The number of imidazole rings is 2.